The lowest BCUT2D eigenvalue weighted by Crippen LogP contribution is -2.40. The Hall–Kier alpha value is -2.54. The molecule has 28 heavy (non-hydrogen) atoms. The van der Waals surface area contributed by atoms with E-state index in [1.165, 1.54) is 11.6 Å². The zero-order chi connectivity index (χ0) is 20.0. The SMILES string of the molecule is O=C(Nc1ccccc1NCC(F)(F)F)C1CCCN(Cc2ccccc2)C1. The Bertz CT molecular complexity index is 780. The number of nitrogens with one attached hydrogen (secondary N) is 2. The quantitative estimate of drug-likeness (QED) is 0.762. The predicted molar refractivity (Wildman–Crippen MR) is 104 cm³/mol. The van der Waals surface area contributed by atoms with Gasteiger partial charge in [0.15, 0.2) is 0 Å². The molecule has 2 aromatic rings. The molecule has 0 spiro atoms. The molecule has 150 valence electrons. The molecular formula is C21H24F3N3O. The van der Waals surface area contributed by atoms with E-state index in [-0.39, 0.29) is 17.5 Å². The summed E-state index contributed by atoms with van der Waals surface area (Å²) in [5.74, 6) is -0.341. The van der Waals surface area contributed by atoms with Gasteiger partial charge >= 0.3 is 6.18 Å². The van der Waals surface area contributed by atoms with E-state index in [4.69, 9.17) is 0 Å². The Kier molecular flexibility index (Phi) is 6.57. The van der Waals surface area contributed by atoms with Crippen molar-refractivity contribution in [3.63, 3.8) is 0 Å². The van der Waals surface area contributed by atoms with E-state index < -0.39 is 12.7 Å². The average Bonchev–Trinajstić information content (AvgIpc) is 2.68. The number of hydrogen-bond acceptors (Lipinski definition) is 3. The standard InChI is InChI=1S/C21H24F3N3O/c22-21(23,24)15-25-18-10-4-5-11-19(18)26-20(28)17-9-6-12-27(14-17)13-16-7-2-1-3-8-16/h1-5,7-8,10-11,17,25H,6,9,12-15H2,(H,26,28). The normalized spacial score (nSPS) is 17.9. The minimum atomic E-state index is -4.32. The van der Waals surface area contributed by atoms with Crippen LogP contribution in [0.3, 0.4) is 0 Å². The maximum Gasteiger partial charge on any atom is 0.405 e. The van der Waals surface area contributed by atoms with Gasteiger partial charge in [-0.2, -0.15) is 13.2 Å². The fraction of sp³-hybridized carbons (Fsp3) is 0.381. The van der Waals surface area contributed by atoms with Crippen molar-refractivity contribution < 1.29 is 18.0 Å². The number of likely N-dealkylation sites (tertiary alicyclic amines) is 1. The number of amides is 1. The van der Waals surface area contributed by atoms with E-state index in [1.54, 1.807) is 18.2 Å². The van der Waals surface area contributed by atoms with Crippen molar-refractivity contribution in [2.75, 3.05) is 30.3 Å². The van der Waals surface area contributed by atoms with Crippen molar-refractivity contribution in [1.29, 1.82) is 0 Å². The Morgan fingerprint density at radius 1 is 1.04 bits per heavy atom. The highest BCUT2D eigenvalue weighted by Crippen LogP contribution is 2.26. The molecular weight excluding hydrogens is 367 g/mol. The highest BCUT2D eigenvalue weighted by molar-refractivity contribution is 5.95. The monoisotopic (exact) mass is 391 g/mol. The van der Waals surface area contributed by atoms with Gasteiger partial charge in [0.05, 0.1) is 17.3 Å². The molecule has 7 heteroatoms. The number of carbonyl (C=O) groups excluding carboxylic acids is 1. The molecule has 1 aliphatic heterocycles. The highest BCUT2D eigenvalue weighted by Gasteiger charge is 2.28. The van der Waals surface area contributed by atoms with Gasteiger partial charge in [0.2, 0.25) is 5.91 Å². The van der Waals surface area contributed by atoms with Gasteiger partial charge in [-0.3, -0.25) is 9.69 Å². The van der Waals surface area contributed by atoms with Crippen molar-refractivity contribution in [2.24, 2.45) is 5.92 Å². The van der Waals surface area contributed by atoms with Gasteiger partial charge in [-0.25, -0.2) is 0 Å². The summed E-state index contributed by atoms with van der Waals surface area (Å²) >= 11 is 0. The third-order valence-corrected chi connectivity index (χ3v) is 4.79. The zero-order valence-electron chi connectivity index (χ0n) is 15.5. The molecule has 0 aromatic heterocycles. The number of nitrogens with zero attached hydrogens (tertiary/aromatic N) is 1. The van der Waals surface area contributed by atoms with Crippen molar-refractivity contribution in [2.45, 2.75) is 25.6 Å². The summed E-state index contributed by atoms with van der Waals surface area (Å²) in [5.41, 5.74) is 1.84. The van der Waals surface area contributed by atoms with Crippen molar-refractivity contribution in [1.82, 2.24) is 4.90 Å². The van der Waals surface area contributed by atoms with E-state index in [1.807, 2.05) is 18.2 Å². The number of rotatable bonds is 6. The Labute approximate surface area is 162 Å². The fourth-order valence-electron chi connectivity index (χ4n) is 3.43. The second-order valence-corrected chi connectivity index (χ2v) is 7.06. The van der Waals surface area contributed by atoms with Crippen LogP contribution in [0.1, 0.15) is 18.4 Å². The largest absolute Gasteiger partial charge is 0.405 e. The van der Waals surface area contributed by atoms with Gasteiger partial charge in [0, 0.05) is 13.1 Å². The van der Waals surface area contributed by atoms with Gasteiger partial charge < -0.3 is 10.6 Å². The highest BCUT2D eigenvalue weighted by atomic mass is 19.4. The third-order valence-electron chi connectivity index (χ3n) is 4.79. The van der Waals surface area contributed by atoms with Crippen molar-refractivity contribution >= 4 is 17.3 Å². The molecule has 1 atom stereocenters. The number of carbonyl (C=O) groups is 1. The lowest BCUT2D eigenvalue weighted by molar-refractivity contribution is -0.121. The van der Waals surface area contributed by atoms with Crippen LogP contribution >= 0.6 is 0 Å². The van der Waals surface area contributed by atoms with Gasteiger partial charge in [-0.1, -0.05) is 42.5 Å². The van der Waals surface area contributed by atoms with E-state index in [0.29, 0.717) is 12.2 Å². The first kappa shape index (κ1) is 20.2. The molecule has 0 radical (unpaired) electrons. The number of alkyl halides is 3. The van der Waals surface area contributed by atoms with Gasteiger partial charge in [0.25, 0.3) is 0 Å². The molecule has 0 saturated carbocycles. The van der Waals surface area contributed by atoms with Crippen LogP contribution in [-0.2, 0) is 11.3 Å². The van der Waals surface area contributed by atoms with E-state index in [0.717, 1.165) is 25.9 Å². The molecule has 0 bridgehead atoms. The summed E-state index contributed by atoms with van der Waals surface area (Å²) in [4.78, 5) is 15.0. The summed E-state index contributed by atoms with van der Waals surface area (Å²) in [6, 6.07) is 16.6. The first-order chi connectivity index (χ1) is 13.4. The van der Waals surface area contributed by atoms with Gasteiger partial charge in [-0.05, 0) is 37.1 Å². The molecule has 4 nitrogen and oxygen atoms in total. The third kappa shape index (κ3) is 5.99. The summed E-state index contributed by atoms with van der Waals surface area (Å²) in [5, 5.41) is 5.16. The molecule has 1 heterocycles. The minimum Gasteiger partial charge on any atom is -0.375 e. The number of piperidine rings is 1. The summed E-state index contributed by atoms with van der Waals surface area (Å²) in [6.07, 6.45) is -2.63. The van der Waals surface area contributed by atoms with Crippen LogP contribution in [0.15, 0.2) is 54.6 Å². The maximum absolute atomic E-state index is 12.7. The van der Waals surface area contributed by atoms with Gasteiger partial charge in [-0.15, -0.1) is 0 Å². The lowest BCUT2D eigenvalue weighted by Gasteiger charge is -2.32. The lowest BCUT2D eigenvalue weighted by atomic mass is 9.96. The molecule has 2 N–H and O–H groups in total. The first-order valence-corrected chi connectivity index (χ1v) is 9.37. The van der Waals surface area contributed by atoms with Crippen LogP contribution in [0.25, 0.3) is 0 Å². The Morgan fingerprint density at radius 3 is 2.43 bits per heavy atom. The zero-order valence-corrected chi connectivity index (χ0v) is 15.5. The Morgan fingerprint density at radius 2 is 1.71 bits per heavy atom. The maximum atomic E-state index is 12.7. The second-order valence-electron chi connectivity index (χ2n) is 7.06. The first-order valence-electron chi connectivity index (χ1n) is 9.37. The molecule has 1 fully saturated rings. The van der Waals surface area contributed by atoms with Crippen LogP contribution in [0, 0.1) is 5.92 Å². The van der Waals surface area contributed by atoms with Crippen LogP contribution in [0.4, 0.5) is 24.5 Å². The van der Waals surface area contributed by atoms with Crippen LogP contribution in [0.2, 0.25) is 0 Å². The summed E-state index contributed by atoms with van der Waals surface area (Å²) in [6.45, 7) is 1.21. The molecule has 1 amide bonds. The molecule has 1 saturated heterocycles. The van der Waals surface area contributed by atoms with Crippen LogP contribution < -0.4 is 10.6 Å². The van der Waals surface area contributed by atoms with Crippen LogP contribution in [0.5, 0.6) is 0 Å². The number of benzene rings is 2. The van der Waals surface area contributed by atoms with E-state index >= 15 is 0 Å². The molecule has 2 aromatic carbocycles. The second kappa shape index (κ2) is 9.10. The summed E-state index contributed by atoms with van der Waals surface area (Å²) in [7, 11) is 0. The fourth-order valence-corrected chi connectivity index (χ4v) is 3.43. The predicted octanol–water partition coefficient (Wildman–Crippen LogP) is 4.51. The van der Waals surface area contributed by atoms with Gasteiger partial charge in [0.1, 0.15) is 6.54 Å². The topological polar surface area (TPSA) is 44.4 Å². The molecule has 3 rings (SSSR count). The average molecular weight is 391 g/mol. The Balaban J connectivity index is 1.60. The van der Waals surface area contributed by atoms with Crippen molar-refractivity contribution in [3.8, 4) is 0 Å². The molecule has 1 aliphatic rings. The number of anilines is 2. The van der Waals surface area contributed by atoms with E-state index in [9.17, 15) is 18.0 Å². The van der Waals surface area contributed by atoms with Crippen LogP contribution in [-0.4, -0.2) is 36.6 Å². The number of para-hydroxylation sites is 2. The smallest absolute Gasteiger partial charge is 0.375 e. The van der Waals surface area contributed by atoms with E-state index in [2.05, 4.69) is 27.7 Å². The molecule has 0 aliphatic carbocycles. The molecule has 1 unspecified atom stereocenters. The minimum absolute atomic E-state index is 0.154. The number of hydrogen-bond donors (Lipinski definition) is 2. The van der Waals surface area contributed by atoms with Crippen molar-refractivity contribution in [3.05, 3.63) is 60.2 Å². The summed E-state index contributed by atoms with van der Waals surface area (Å²) < 4.78 is 37.5. The number of halogens is 3.